The van der Waals surface area contributed by atoms with Crippen LogP contribution in [-0.2, 0) is 0 Å². The molecule has 4 nitrogen and oxygen atoms in total. The molecule has 0 unspecified atom stereocenters. The first-order valence-corrected chi connectivity index (χ1v) is 9.44. The van der Waals surface area contributed by atoms with Gasteiger partial charge in [0.2, 0.25) is 0 Å². The first-order valence-electron chi connectivity index (χ1n) is 9.44. The predicted octanol–water partition coefficient (Wildman–Crippen LogP) is 4.01. The van der Waals surface area contributed by atoms with Crippen LogP contribution in [0.5, 0.6) is 0 Å². The summed E-state index contributed by atoms with van der Waals surface area (Å²) in [4.78, 5) is 17.5. The average Bonchev–Trinajstić information content (AvgIpc) is 2.63. The third kappa shape index (κ3) is 4.07. The van der Waals surface area contributed by atoms with Crippen LogP contribution in [0.4, 0.5) is 11.4 Å². The molecule has 0 bridgehead atoms. The second kappa shape index (κ2) is 7.92. The lowest BCUT2D eigenvalue weighted by molar-refractivity contribution is 0.102. The largest absolute Gasteiger partial charge is 0.369 e. The van der Waals surface area contributed by atoms with E-state index < -0.39 is 0 Å². The Balaban J connectivity index is 1.71. The van der Waals surface area contributed by atoms with Gasteiger partial charge in [-0.2, -0.15) is 0 Å². The molecule has 1 saturated heterocycles. The van der Waals surface area contributed by atoms with E-state index in [-0.39, 0.29) is 5.91 Å². The van der Waals surface area contributed by atoms with Gasteiger partial charge in [0.05, 0.1) is 0 Å². The molecule has 0 aromatic heterocycles. The molecule has 1 amide bonds. The Morgan fingerprint density at radius 1 is 0.962 bits per heavy atom. The molecule has 1 aliphatic heterocycles. The minimum absolute atomic E-state index is 0.0464. The molecule has 0 aliphatic carbocycles. The maximum Gasteiger partial charge on any atom is 0.255 e. The SMILES string of the molecule is CCN1CCN(c2ccc(NC(=O)c3ccc(C)cc3C)c(C)c2)CC1. The van der Waals surface area contributed by atoms with Crippen LogP contribution >= 0.6 is 0 Å². The summed E-state index contributed by atoms with van der Waals surface area (Å²) in [5.74, 6) is -0.0464. The summed E-state index contributed by atoms with van der Waals surface area (Å²) in [7, 11) is 0. The maximum absolute atomic E-state index is 12.6. The topological polar surface area (TPSA) is 35.6 Å². The first-order chi connectivity index (χ1) is 12.5. The van der Waals surface area contributed by atoms with Gasteiger partial charge >= 0.3 is 0 Å². The normalized spacial score (nSPS) is 15.2. The number of nitrogens with one attached hydrogen (secondary N) is 1. The number of amides is 1. The second-order valence-corrected chi connectivity index (χ2v) is 7.19. The monoisotopic (exact) mass is 351 g/mol. The van der Waals surface area contributed by atoms with E-state index in [4.69, 9.17) is 0 Å². The summed E-state index contributed by atoms with van der Waals surface area (Å²) < 4.78 is 0. The summed E-state index contributed by atoms with van der Waals surface area (Å²) in [5, 5.41) is 3.07. The van der Waals surface area contributed by atoms with Gasteiger partial charge in [-0.05, 0) is 62.7 Å². The summed E-state index contributed by atoms with van der Waals surface area (Å²) in [5.41, 5.74) is 6.12. The standard InChI is InChI=1S/C22H29N3O/c1-5-24-10-12-25(13-11-24)19-7-9-21(18(4)15-19)23-22(26)20-8-6-16(2)14-17(20)3/h6-9,14-15H,5,10-13H2,1-4H3,(H,23,26). The molecule has 1 heterocycles. The van der Waals surface area contributed by atoms with E-state index in [9.17, 15) is 4.79 Å². The van der Waals surface area contributed by atoms with Gasteiger partial charge in [-0.15, -0.1) is 0 Å². The van der Waals surface area contributed by atoms with Crippen molar-refractivity contribution < 1.29 is 4.79 Å². The van der Waals surface area contributed by atoms with Crippen LogP contribution in [0.1, 0.15) is 34.0 Å². The molecule has 1 aliphatic rings. The van der Waals surface area contributed by atoms with Crippen LogP contribution < -0.4 is 10.2 Å². The van der Waals surface area contributed by atoms with Crippen molar-refractivity contribution in [3.63, 3.8) is 0 Å². The molecule has 26 heavy (non-hydrogen) atoms. The molecule has 1 fully saturated rings. The average molecular weight is 351 g/mol. The lowest BCUT2D eigenvalue weighted by atomic mass is 10.0. The Morgan fingerprint density at radius 3 is 2.31 bits per heavy atom. The highest BCUT2D eigenvalue weighted by Gasteiger charge is 2.17. The quantitative estimate of drug-likeness (QED) is 0.904. The molecule has 1 N–H and O–H groups in total. The van der Waals surface area contributed by atoms with Crippen molar-refractivity contribution in [3.8, 4) is 0 Å². The van der Waals surface area contributed by atoms with Gasteiger partial charge < -0.3 is 15.1 Å². The fourth-order valence-corrected chi connectivity index (χ4v) is 3.57. The Morgan fingerprint density at radius 2 is 1.69 bits per heavy atom. The van der Waals surface area contributed by atoms with E-state index in [1.807, 2.05) is 38.1 Å². The number of carbonyl (C=O) groups is 1. The maximum atomic E-state index is 12.6. The van der Waals surface area contributed by atoms with Crippen LogP contribution in [0.25, 0.3) is 0 Å². The number of hydrogen-bond acceptors (Lipinski definition) is 3. The molecule has 4 heteroatoms. The van der Waals surface area contributed by atoms with E-state index in [2.05, 4.69) is 41.1 Å². The zero-order valence-electron chi connectivity index (χ0n) is 16.3. The number of likely N-dealkylation sites (N-methyl/N-ethyl adjacent to an activating group) is 1. The number of nitrogens with zero attached hydrogens (tertiary/aromatic N) is 2. The number of carbonyl (C=O) groups excluding carboxylic acids is 1. The zero-order chi connectivity index (χ0) is 18.7. The van der Waals surface area contributed by atoms with Gasteiger partial charge in [-0.3, -0.25) is 4.79 Å². The molecule has 2 aromatic carbocycles. The minimum Gasteiger partial charge on any atom is -0.369 e. The second-order valence-electron chi connectivity index (χ2n) is 7.19. The Kier molecular flexibility index (Phi) is 5.62. The van der Waals surface area contributed by atoms with Crippen molar-refractivity contribution >= 4 is 17.3 Å². The van der Waals surface area contributed by atoms with Crippen molar-refractivity contribution in [2.24, 2.45) is 0 Å². The summed E-state index contributed by atoms with van der Waals surface area (Å²) in [6, 6.07) is 12.2. The van der Waals surface area contributed by atoms with Crippen molar-refractivity contribution in [2.75, 3.05) is 42.9 Å². The highest BCUT2D eigenvalue weighted by molar-refractivity contribution is 6.05. The van der Waals surface area contributed by atoms with Crippen LogP contribution in [0.3, 0.4) is 0 Å². The molecule has 3 rings (SSSR count). The van der Waals surface area contributed by atoms with E-state index in [0.29, 0.717) is 0 Å². The number of piperazine rings is 1. The lowest BCUT2D eigenvalue weighted by Gasteiger charge is -2.35. The number of aryl methyl sites for hydroxylation is 3. The lowest BCUT2D eigenvalue weighted by Crippen LogP contribution is -2.46. The van der Waals surface area contributed by atoms with Crippen LogP contribution in [-0.4, -0.2) is 43.5 Å². The first kappa shape index (κ1) is 18.5. The molecule has 0 saturated carbocycles. The fraction of sp³-hybridized carbons (Fsp3) is 0.409. The van der Waals surface area contributed by atoms with Gasteiger partial charge in [-0.25, -0.2) is 0 Å². The summed E-state index contributed by atoms with van der Waals surface area (Å²) in [6.07, 6.45) is 0. The van der Waals surface area contributed by atoms with Crippen LogP contribution in [0.2, 0.25) is 0 Å². The van der Waals surface area contributed by atoms with Gasteiger partial charge in [-0.1, -0.05) is 24.6 Å². The van der Waals surface area contributed by atoms with Crippen molar-refractivity contribution in [2.45, 2.75) is 27.7 Å². The third-order valence-electron chi connectivity index (χ3n) is 5.27. The molecule has 2 aromatic rings. The molecule has 0 radical (unpaired) electrons. The predicted molar refractivity (Wildman–Crippen MR) is 109 cm³/mol. The summed E-state index contributed by atoms with van der Waals surface area (Å²) in [6.45, 7) is 13.8. The number of anilines is 2. The van der Waals surface area contributed by atoms with Crippen molar-refractivity contribution in [1.82, 2.24) is 4.90 Å². The number of hydrogen-bond donors (Lipinski definition) is 1. The van der Waals surface area contributed by atoms with Gasteiger partial charge in [0, 0.05) is 43.1 Å². The highest BCUT2D eigenvalue weighted by Crippen LogP contribution is 2.24. The van der Waals surface area contributed by atoms with Crippen LogP contribution in [0, 0.1) is 20.8 Å². The highest BCUT2D eigenvalue weighted by atomic mass is 16.1. The smallest absolute Gasteiger partial charge is 0.255 e. The van der Waals surface area contributed by atoms with Gasteiger partial charge in [0.25, 0.3) is 5.91 Å². The Labute approximate surface area is 156 Å². The Hall–Kier alpha value is -2.33. The van der Waals surface area contributed by atoms with Crippen molar-refractivity contribution in [3.05, 3.63) is 58.7 Å². The minimum atomic E-state index is -0.0464. The molecular weight excluding hydrogens is 322 g/mol. The molecule has 138 valence electrons. The van der Waals surface area contributed by atoms with Gasteiger partial charge in [0.15, 0.2) is 0 Å². The number of benzene rings is 2. The molecule has 0 atom stereocenters. The van der Waals surface area contributed by atoms with E-state index in [0.717, 1.165) is 55.1 Å². The summed E-state index contributed by atoms with van der Waals surface area (Å²) >= 11 is 0. The van der Waals surface area contributed by atoms with E-state index >= 15 is 0 Å². The zero-order valence-corrected chi connectivity index (χ0v) is 16.3. The Bertz CT molecular complexity index is 792. The molecule has 0 spiro atoms. The fourth-order valence-electron chi connectivity index (χ4n) is 3.57. The molecular formula is C22H29N3O. The third-order valence-corrected chi connectivity index (χ3v) is 5.27. The van der Waals surface area contributed by atoms with Crippen LogP contribution in [0.15, 0.2) is 36.4 Å². The number of rotatable bonds is 4. The van der Waals surface area contributed by atoms with E-state index in [1.54, 1.807) is 0 Å². The van der Waals surface area contributed by atoms with Crippen molar-refractivity contribution in [1.29, 1.82) is 0 Å². The van der Waals surface area contributed by atoms with Gasteiger partial charge in [0.1, 0.15) is 0 Å². The van der Waals surface area contributed by atoms with E-state index in [1.165, 1.54) is 11.3 Å².